The average molecular weight is 292 g/mol. The SMILES string of the molecule is COc1ccc(C=O)c(B2OC(C)(C)C(C)(C)O2)c1OC. The summed E-state index contributed by atoms with van der Waals surface area (Å²) in [5.41, 5.74) is 0.0364. The van der Waals surface area contributed by atoms with Gasteiger partial charge in [-0.15, -0.1) is 0 Å². The van der Waals surface area contributed by atoms with Crippen LogP contribution in [-0.4, -0.2) is 38.8 Å². The molecule has 1 fully saturated rings. The van der Waals surface area contributed by atoms with Gasteiger partial charge in [-0.2, -0.15) is 0 Å². The molecular formula is C15H21BO5. The summed E-state index contributed by atoms with van der Waals surface area (Å²) in [7, 11) is 2.40. The molecule has 0 unspecified atom stereocenters. The van der Waals surface area contributed by atoms with Crippen molar-refractivity contribution in [1.82, 2.24) is 0 Å². The minimum absolute atomic E-state index is 0.459. The molecule has 21 heavy (non-hydrogen) atoms. The Morgan fingerprint density at radius 1 is 1.05 bits per heavy atom. The van der Waals surface area contributed by atoms with Crippen molar-refractivity contribution in [3.05, 3.63) is 17.7 Å². The number of carbonyl (C=O) groups is 1. The lowest BCUT2D eigenvalue weighted by Crippen LogP contribution is -2.41. The Balaban J connectivity index is 2.56. The normalized spacial score (nSPS) is 19.4. The number of aldehydes is 1. The Morgan fingerprint density at radius 2 is 1.62 bits per heavy atom. The van der Waals surface area contributed by atoms with E-state index in [0.29, 0.717) is 22.5 Å². The van der Waals surface area contributed by atoms with Gasteiger partial charge in [0.2, 0.25) is 0 Å². The van der Waals surface area contributed by atoms with Crippen LogP contribution in [0.4, 0.5) is 0 Å². The summed E-state index contributed by atoms with van der Waals surface area (Å²) in [5, 5.41) is 0. The first-order chi connectivity index (χ1) is 9.77. The zero-order valence-corrected chi connectivity index (χ0v) is 13.4. The Labute approximate surface area is 125 Å². The number of ether oxygens (including phenoxy) is 2. The number of rotatable bonds is 4. The third kappa shape index (κ3) is 2.54. The summed E-state index contributed by atoms with van der Waals surface area (Å²) in [6.07, 6.45) is 0.766. The van der Waals surface area contributed by atoms with Crippen LogP contribution in [0, 0.1) is 0 Å². The van der Waals surface area contributed by atoms with E-state index < -0.39 is 18.3 Å². The zero-order valence-electron chi connectivity index (χ0n) is 13.4. The monoisotopic (exact) mass is 292 g/mol. The minimum atomic E-state index is -0.680. The van der Waals surface area contributed by atoms with Crippen LogP contribution >= 0.6 is 0 Å². The highest BCUT2D eigenvalue weighted by molar-refractivity contribution is 6.64. The predicted octanol–water partition coefficient (Wildman–Crippen LogP) is 1.82. The molecule has 0 aliphatic carbocycles. The van der Waals surface area contributed by atoms with Crippen LogP contribution in [0.15, 0.2) is 12.1 Å². The molecule has 0 radical (unpaired) electrons. The molecule has 0 bridgehead atoms. The van der Waals surface area contributed by atoms with E-state index in [1.165, 1.54) is 7.11 Å². The average Bonchev–Trinajstić information content (AvgIpc) is 2.65. The fourth-order valence-electron chi connectivity index (χ4n) is 2.27. The van der Waals surface area contributed by atoms with Crippen molar-refractivity contribution >= 4 is 18.9 Å². The first-order valence-electron chi connectivity index (χ1n) is 6.83. The molecule has 6 heteroatoms. The molecule has 0 amide bonds. The molecule has 0 saturated carbocycles. The number of benzene rings is 1. The fraction of sp³-hybridized carbons (Fsp3) is 0.533. The van der Waals surface area contributed by atoms with E-state index in [9.17, 15) is 4.79 Å². The van der Waals surface area contributed by atoms with Gasteiger partial charge in [0.15, 0.2) is 11.5 Å². The molecule has 0 N–H and O–H groups in total. The van der Waals surface area contributed by atoms with Gasteiger partial charge < -0.3 is 18.8 Å². The van der Waals surface area contributed by atoms with E-state index in [2.05, 4.69) is 0 Å². The molecule has 2 rings (SSSR count). The highest BCUT2D eigenvalue weighted by Gasteiger charge is 2.53. The van der Waals surface area contributed by atoms with Crippen molar-refractivity contribution < 1.29 is 23.6 Å². The van der Waals surface area contributed by atoms with E-state index in [1.54, 1.807) is 19.2 Å². The summed E-state index contributed by atoms with van der Waals surface area (Å²) in [6.45, 7) is 7.83. The van der Waals surface area contributed by atoms with Gasteiger partial charge in [-0.25, -0.2) is 0 Å². The minimum Gasteiger partial charge on any atom is -0.493 e. The summed E-state index contributed by atoms with van der Waals surface area (Å²) >= 11 is 0. The van der Waals surface area contributed by atoms with Gasteiger partial charge in [0.05, 0.1) is 25.4 Å². The number of carbonyl (C=O) groups excluding carboxylic acids is 1. The number of methoxy groups -OCH3 is 2. The number of hydrogen-bond acceptors (Lipinski definition) is 5. The van der Waals surface area contributed by atoms with Gasteiger partial charge in [0.1, 0.15) is 6.29 Å². The van der Waals surface area contributed by atoms with Crippen LogP contribution in [0.3, 0.4) is 0 Å². The Morgan fingerprint density at radius 3 is 2.05 bits per heavy atom. The van der Waals surface area contributed by atoms with Crippen LogP contribution in [0.25, 0.3) is 0 Å². The molecular weight excluding hydrogens is 271 g/mol. The van der Waals surface area contributed by atoms with E-state index in [-0.39, 0.29) is 0 Å². The third-order valence-corrected chi connectivity index (χ3v) is 4.23. The second-order valence-electron chi connectivity index (χ2n) is 6.01. The fourth-order valence-corrected chi connectivity index (χ4v) is 2.27. The van der Waals surface area contributed by atoms with E-state index in [0.717, 1.165) is 6.29 Å². The molecule has 1 aliphatic heterocycles. The summed E-state index contributed by atoms with van der Waals surface area (Å²) in [4.78, 5) is 11.4. The van der Waals surface area contributed by atoms with Crippen molar-refractivity contribution in [3.63, 3.8) is 0 Å². The molecule has 0 atom stereocenters. The van der Waals surface area contributed by atoms with Crippen molar-refractivity contribution in [2.75, 3.05) is 14.2 Å². The maximum absolute atomic E-state index is 11.4. The van der Waals surface area contributed by atoms with Crippen molar-refractivity contribution in [1.29, 1.82) is 0 Å². The first kappa shape index (κ1) is 15.9. The summed E-state index contributed by atoms with van der Waals surface area (Å²) in [6, 6.07) is 3.37. The quantitative estimate of drug-likeness (QED) is 0.626. The van der Waals surface area contributed by atoms with Crippen LogP contribution in [0.1, 0.15) is 38.1 Å². The lowest BCUT2D eigenvalue weighted by atomic mass is 9.75. The number of hydrogen-bond donors (Lipinski definition) is 0. The largest absolute Gasteiger partial charge is 0.499 e. The second-order valence-corrected chi connectivity index (χ2v) is 6.01. The van der Waals surface area contributed by atoms with Crippen LogP contribution < -0.4 is 14.9 Å². The molecule has 1 aromatic rings. The van der Waals surface area contributed by atoms with E-state index in [4.69, 9.17) is 18.8 Å². The maximum atomic E-state index is 11.4. The first-order valence-corrected chi connectivity index (χ1v) is 6.83. The highest BCUT2D eigenvalue weighted by Crippen LogP contribution is 2.38. The molecule has 0 spiro atoms. The van der Waals surface area contributed by atoms with Gasteiger partial charge in [-0.05, 0) is 39.8 Å². The zero-order chi connectivity index (χ0) is 15.8. The maximum Gasteiger partial charge on any atom is 0.499 e. The van der Waals surface area contributed by atoms with Crippen LogP contribution in [0.5, 0.6) is 11.5 Å². The van der Waals surface area contributed by atoms with Crippen molar-refractivity contribution in [2.24, 2.45) is 0 Å². The molecule has 5 nitrogen and oxygen atoms in total. The van der Waals surface area contributed by atoms with Gasteiger partial charge in [0.25, 0.3) is 0 Å². The van der Waals surface area contributed by atoms with Gasteiger partial charge >= 0.3 is 7.12 Å². The van der Waals surface area contributed by atoms with Crippen LogP contribution in [0.2, 0.25) is 0 Å². The summed E-state index contributed by atoms with van der Waals surface area (Å²) < 4.78 is 22.7. The Bertz CT molecular complexity index is 537. The van der Waals surface area contributed by atoms with Crippen LogP contribution in [-0.2, 0) is 9.31 Å². The molecule has 1 aromatic carbocycles. The standard InChI is InChI=1S/C15H21BO5/c1-14(2)15(3,4)21-16(20-14)12-10(9-17)7-8-11(18-5)13(12)19-6/h7-9H,1-6H3. The highest BCUT2D eigenvalue weighted by atomic mass is 16.7. The van der Waals surface area contributed by atoms with E-state index in [1.807, 2.05) is 27.7 Å². The lowest BCUT2D eigenvalue weighted by molar-refractivity contribution is 0.00578. The topological polar surface area (TPSA) is 54.0 Å². The smallest absolute Gasteiger partial charge is 0.493 e. The van der Waals surface area contributed by atoms with Crippen molar-refractivity contribution in [3.8, 4) is 11.5 Å². The van der Waals surface area contributed by atoms with Gasteiger partial charge in [-0.1, -0.05) is 0 Å². The third-order valence-electron chi connectivity index (χ3n) is 4.23. The van der Waals surface area contributed by atoms with Gasteiger partial charge in [-0.3, -0.25) is 4.79 Å². The summed E-state index contributed by atoms with van der Waals surface area (Å²) in [5.74, 6) is 0.994. The molecule has 1 heterocycles. The Hall–Kier alpha value is -1.53. The molecule has 114 valence electrons. The predicted molar refractivity (Wildman–Crippen MR) is 80.6 cm³/mol. The molecule has 1 aliphatic rings. The molecule has 0 aromatic heterocycles. The van der Waals surface area contributed by atoms with Gasteiger partial charge in [0, 0.05) is 11.0 Å². The lowest BCUT2D eigenvalue weighted by Gasteiger charge is -2.32. The second kappa shape index (κ2) is 5.35. The van der Waals surface area contributed by atoms with Crippen molar-refractivity contribution in [2.45, 2.75) is 38.9 Å². The van der Waals surface area contributed by atoms with E-state index >= 15 is 0 Å². The Kier molecular flexibility index (Phi) is 4.04. The molecule has 1 saturated heterocycles.